The van der Waals surface area contributed by atoms with E-state index >= 15 is 0 Å². The summed E-state index contributed by atoms with van der Waals surface area (Å²) in [4.78, 5) is 48.5. The molecule has 2 heterocycles. The molecule has 2 aromatic heterocycles. The zero-order chi connectivity index (χ0) is 33.1. The van der Waals surface area contributed by atoms with Crippen LogP contribution in [0, 0.1) is 11.6 Å². The number of aromatic amines is 1. The highest BCUT2D eigenvalue weighted by Gasteiger charge is 2.31. The Morgan fingerprint density at radius 2 is 1.76 bits per heavy atom. The molecular weight excluding hydrogens is 622 g/mol. The van der Waals surface area contributed by atoms with Gasteiger partial charge in [-0.3, -0.25) is 9.78 Å². The lowest BCUT2D eigenvalue weighted by Crippen LogP contribution is -2.27. The smallest absolute Gasteiger partial charge is 0.344 e. The van der Waals surface area contributed by atoms with Gasteiger partial charge in [-0.2, -0.15) is 4.98 Å². The molecule has 0 radical (unpaired) electrons. The van der Waals surface area contributed by atoms with Crippen molar-refractivity contribution in [1.29, 1.82) is 0 Å². The summed E-state index contributed by atoms with van der Waals surface area (Å²) in [5.41, 5.74) is -2.20. The standard InChI is InChI=1S/C29H29ClF2N4O9/c1-7-42-22(38)13-44-20-10-16(30)18(11-21(20)43-12-15-19(40-5)9-8-17(31)23(15)32)36-25-24(33-28(36)39)26(41-6)35-27(34-25)29(3,4)45-14(2)37/h8-11H,7,12-13H2,1-6H3,(H,33,39). The van der Waals surface area contributed by atoms with Crippen molar-refractivity contribution in [3.05, 3.63) is 62.8 Å². The number of esters is 2. The zero-order valence-electron chi connectivity index (χ0n) is 25.1. The molecular formula is C29H29ClF2N4O9. The molecule has 0 aliphatic heterocycles. The number of carbonyl (C=O) groups excluding carboxylic acids is 2. The third-order valence-electron chi connectivity index (χ3n) is 6.28. The van der Waals surface area contributed by atoms with E-state index in [0.29, 0.717) is 0 Å². The van der Waals surface area contributed by atoms with Gasteiger partial charge in [0.15, 0.2) is 46.8 Å². The summed E-state index contributed by atoms with van der Waals surface area (Å²) in [6, 6.07) is 4.68. The molecule has 13 nitrogen and oxygen atoms in total. The average Bonchev–Trinajstić information content (AvgIpc) is 3.31. The maximum atomic E-state index is 14.7. The van der Waals surface area contributed by atoms with Crippen molar-refractivity contribution in [2.24, 2.45) is 0 Å². The molecule has 0 saturated carbocycles. The van der Waals surface area contributed by atoms with E-state index in [9.17, 15) is 23.2 Å². The lowest BCUT2D eigenvalue weighted by Gasteiger charge is -2.23. The van der Waals surface area contributed by atoms with Crippen molar-refractivity contribution in [3.63, 3.8) is 0 Å². The molecule has 45 heavy (non-hydrogen) atoms. The van der Waals surface area contributed by atoms with E-state index in [2.05, 4.69) is 15.0 Å². The molecule has 1 N–H and O–H groups in total. The molecule has 2 aromatic carbocycles. The quantitative estimate of drug-likeness (QED) is 0.217. The van der Waals surface area contributed by atoms with E-state index in [1.54, 1.807) is 20.8 Å². The van der Waals surface area contributed by atoms with Crippen molar-refractivity contribution in [2.45, 2.75) is 39.9 Å². The van der Waals surface area contributed by atoms with Gasteiger partial charge in [0, 0.05) is 19.1 Å². The van der Waals surface area contributed by atoms with E-state index in [0.717, 1.165) is 10.6 Å². The Morgan fingerprint density at radius 3 is 2.40 bits per heavy atom. The fourth-order valence-corrected chi connectivity index (χ4v) is 4.55. The van der Waals surface area contributed by atoms with Crippen LogP contribution in [0.4, 0.5) is 8.78 Å². The number of aromatic nitrogens is 4. The third-order valence-corrected chi connectivity index (χ3v) is 6.59. The number of nitrogens with zero attached hydrogens (tertiary/aromatic N) is 3. The van der Waals surface area contributed by atoms with Crippen LogP contribution >= 0.6 is 11.6 Å². The predicted molar refractivity (Wildman–Crippen MR) is 155 cm³/mol. The van der Waals surface area contributed by atoms with Crippen molar-refractivity contribution in [1.82, 2.24) is 19.5 Å². The van der Waals surface area contributed by atoms with Crippen molar-refractivity contribution in [3.8, 4) is 28.8 Å². The summed E-state index contributed by atoms with van der Waals surface area (Å²) < 4.78 is 62.1. The molecule has 0 aliphatic rings. The number of H-pyrrole nitrogens is 1. The fourth-order valence-electron chi connectivity index (χ4n) is 4.32. The van der Waals surface area contributed by atoms with Gasteiger partial charge in [0.2, 0.25) is 5.88 Å². The second-order valence-electron chi connectivity index (χ2n) is 9.80. The van der Waals surface area contributed by atoms with Gasteiger partial charge in [-0.05, 0) is 32.9 Å². The molecule has 0 fully saturated rings. The first-order chi connectivity index (χ1) is 21.3. The van der Waals surface area contributed by atoms with Gasteiger partial charge >= 0.3 is 17.6 Å². The van der Waals surface area contributed by atoms with E-state index in [1.807, 2.05) is 0 Å². The second-order valence-corrected chi connectivity index (χ2v) is 10.2. The Hall–Kier alpha value is -4.92. The number of fused-ring (bicyclic) bond motifs is 1. The maximum absolute atomic E-state index is 14.7. The van der Waals surface area contributed by atoms with Gasteiger partial charge in [0.05, 0.1) is 37.1 Å². The normalized spacial score (nSPS) is 11.3. The number of methoxy groups -OCH3 is 2. The van der Waals surface area contributed by atoms with Gasteiger partial charge in [0.25, 0.3) is 0 Å². The van der Waals surface area contributed by atoms with Crippen LogP contribution in [0.1, 0.15) is 39.1 Å². The number of ether oxygens (including phenoxy) is 6. The maximum Gasteiger partial charge on any atom is 0.344 e. The van der Waals surface area contributed by atoms with E-state index in [1.165, 1.54) is 39.3 Å². The SMILES string of the molecule is CCOC(=O)COc1cc(Cl)c(-n2c(=O)[nH]c3c(OC)nc(C(C)(C)OC(C)=O)nc32)cc1OCc1c(OC)ccc(F)c1F. The molecule has 4 rings (SSSR count). The topological polar surface area (TPSA) is 153 Å². The minimum absolute atomic E-state index is 0.00506. The van der Waals surface area contributed by atoms with Crippen LogP contribution in [0.25, 0.3) is 16.9 Å². The number of hydrogen-bond acceptors (Lipinski definition) is 11. The minimum atomic E-state index is -1.33. The van der Waals surface area contributed by atoms with Crippen LogP contribution in [0.2, 0.25) is 5.02 Å². The summed E-state index contributed by atoms with van der Waals surface area (Å²) in [7, 11) is 2.61. The van der Waals surface area contributed by atoms with Gasteiger partial charge < -0.3 is 28.4 Å². The molecule has 0 bridgehead atoms. The summed E-state index contributed by atoms with van der Waals surface area (Å²) in [6.45, 7) is 4.97. The second kappa shape index (κ2) is 13.4. The number of imidazole rings is 1. The highest BCUT2D eigenvalue weighted by molar-refractivity contribution is 6.32. The van der Waals surface area contributed by atoms with Gasteiger partial charge in [-0.15, -0.1) is 0 Å². The fraction of sp³-hybridized carbons (Fsp3) is 0.345. The molecule has 0 aliphatic carbocycles. The molecule has 0 saturated heterocycles. The predicted octanol–water partition coefficient (Wildman–Crippen LogP) is 4.38. The largest absolute Gasteiger partial charge is 0.496 e. The van der Waals surface area contributed by atoms with Crippen LogP contribution in [-0.4, -0.2) is 58.9 Å². The third kappa shape index (κ3) is 6.93. The van der Waals surface area contributed by atoms with Crippen molar-refractivity contribution >= 4 is 34.7 Å². The Bertz CT molecular complexity index is 1820. The monoisotopic (exact) mass is 650 g/mol. The van der Waals surface area contributed by atoms with Crippen LogP contribution in [0.5, 0.6) is 23.1 Å². The van der Waals surface area contributed by atoms with Crippen molar-refractivity contribution < 1.29 is 46.8 Å². The number of carbonyl (C=O) groups is 2. The molecule has 4 aromatic rings. The van der Waals surface area contributed by atoms with Gasteiger partial charge in [-0.1, -0.05) is 11.6 Å². The number of rotatable bonds is 12. The molecule has 16 heteroatoms. The molecule has 240 valence electrons. The first-order valence-electron chi connectivity index (χ1n) is 13.3. The average molecular weight is 651 g/mol. The molecule has 0 amide bonds. The first-order valence-corrected chi connectivity index (χ1v) is 13.7. The summed E-state index contributed by atoms with van der Waals surface area (Å²) in [5.74, 6) is -3.82. The minimum Gasteiger partial charge on any atom is -0.496 e. The van der Waals surface area contributed by atoms with Crippen LogP contribution in [0.15, 0.2) is 29.1 Å². The van der Waals surface area contributed by atoms with E-state index < -0.39 is 48.1 Å². The molecule has 0 atom stereocenters. The number of benzene rings is 2. The Morgan fingerprint density at radius 1 is 1.04 bits per heavy atom. The lowest BCUT2D eigenvalue weighted by atomic mass is 10.1. The Kier molecular flexibility index (Phi) is 9.81. The van der Waals surface area contributed by atoms with Crippen molar-refractivity contribution in [2.75, 3.05) is 27.4 Å². The summed E-state index contributed by atoms with van der Waals surface area (Å²) >= 11 is 6.63. The van der Waals surface area contributed by atoms with E-state index in [-0.39, 0.29) is 63.0 Å². The summed E-state index contributed by atoms with van der Waals surface area (Å²) in [6.07, 6.45) is 0. The lowest BCUT2D eigenvalue weighted by molar-refractivity contribution is -0.155. The molecule has 0 spiro atoms. The highest BCUT2D eigenvalue weighted by Crippen LogP contribution is 2.38. The van der Waals surface area contributed by atoms with Gasteiger partial charge in [-0.25, -0.2) is 27.9 Å². The van der Waals surface area contributed by atoms with Crippen LogP contribution in [-0.2, 0) is 31.3 Å². The van der Waals surface area contributed by atoms with Crippen LogP contribution < -0.4 is 24.6 Å². The van der Waals surface area contributed by atoms with Gasteiger partial charge in [0.1, 0.15) is 17.9 Å². The Labute approximate surface area is 259 Å². The number of halogens is 3. The number of nitrogens with one attached hydrogen (secondary N) is 1. The Balaban J connectivity index is 1.89. The molecule has 0 unspecified atom stereocenters. The first kappa shape index (κ1) is 33.0. The summed E-state index contributed by atoms with van der Waals surface area (Å²) in [5, 5.41) is -0.0582. The van der Waals surface area contributed by atoms with Crippen LogP contribution in [0.3, 0.4) is 0 Å². The van der Waals surface area contributed by atoms with E-state index in [4.69, 9.17) is 40.0 Å². The number of hydrogen-bond donors (Lipinski definition) is 1. The zero-order valence-corrected chi connectivity index (χ0v) is 25.8. The highest BCUT2D eigenvalue weighted by atomic mass is 35.5.